The highest BCUT2D eigenvalue weighted by atomic mass is 79.9. The van der Waals surface area contributed by atoms with Crippen LogP contribution in [0, 0.1) is 0 Å². The summed E-state index contributed by atoms with van der Waals surface area (Å²) in [7, 11) is 0. The first-order valence-electron chi connectivity index (χ1n) is 5.82. The van der Waals surface area contributed by atoms with Crippen molar-refractivity contribution in [3.05, 3.63) is 47.7 Å². The first-order chi connectivity index (χ1) is 9.38. The summed E-state index contributed by atoms with van der Waals surface area (Å²) in [5, 5.41) is 8.38. The third-order valence-corrected chi connectivity index (χ3v) is 4.43. The summed E-state index contributed by atoms with van der Waals surface area (Å²) in [6, 6.07) is 8.16. The van der Waals surface area contributed by atoms with Gasteiger partial charge >= 0.3 is 0 Å². The third-order valence-electron chi connectivity index (χ3n) is 3.14. The molecule has 1 aromatic carbocycles. The SMILES string of the molecule is BrCc1c(-n2ncc3ccccc32)nc2sccn12. The fourth-order valence-corrected chi connectivity index (χ4v) is 3.50. The molecular formula is C13H9BrN4S. The molecule has 6 heteroatoms. The Morgan fingerprint density at radius 2 is 2.16 bits per heavy atom. The Hall–Kier alpha value is -1.66. The number of para-hydroxylation sites is 1. The van der Waals surface area contributed by atoms with Gasteiger partial charge in [-0.2, -0.15) is 10.1 Å². The summed E-state index contributed by atoms with van der Waals surface area (Å²) >= 11 is 5.18. The van der Waals surface area contributed by atoms with E-state index in [4.69, 9.17) is 0 Å². The topological polar surface area (TPSA) is 35.1 Å². The van der Waals surface area contributed by atoms with Crippen molar-refractivity contribution in [2.24, 2.45) is 0 Å². The molecule has 19 heavy (non-hydrogen) atoms. The number of fused-ring (bicyclic) bond motifs is 2. The molecular weight excluding hydrogens is 324 g/mol. The Labute approximate surface area is 121 Å². The van der Waals surface area contributed by atoms with Crippen LogP contribution >= 0.6 is 27.3 Å². The molecule has 94 valence electrons. The number of hydrogen-bond donors (Lipinski definition) is 0. The maximum Gasteiger partial charge on any atom is 0.195 e. The zero-order valence-corrected chi connectivity index (χ0v) is 12.2. The first-order valence-corrected chi connectivity index (χ1v) is 7.82. The van der Waals surface area contributed by atoms with Crippen LogP contribution in [0.5, 0.6) is 0 Å². The van der Waals surface area contributed by atoms with Gasteiger partial charge in [-0.3, -0.25) is 4.40 Å². The zero-order chi connectivity index (χ0) is 12.8. The zero-order valence-electron chi connectivity index (χ0n) is 9.82. The molecule has 0 N–H and O–H groups in total. The molecule has 0 saturated heterocycles. The van der Waals surface area contributed by atoms with Crippen molar-refractivity contribution in [2.75, 3.05) is 0 Å². The summed E-state index contributed by atoms with van der Waals surface area (Å²) < 4.78 is 4.01. The van der Waals surface area contributed by atoms with E-state index in [9.17, 15) is 0 Å². The highest BCUT2D eigenvalue weighted by molar-refractivity contribution is 9.08. The average molecular weight is 333 g/mol. The molecule has 0 atom stereocenters. The van der Waals surface area contributed by atoms with Crippen LogP contribution in [0.3, 0.4) is 0 Å². The van der Waals surface area contributed by atoms with Crippen LogP contribution in [0.2, 0.25) is 0 Å². The lowest BCUT2D eigenvalue weighted by molar-refractivity contribution is 0.871. The van der Waals surface area contributed by atoms with Crippen molar-refractivity contribution >= 4 is 43.1 Å². The molecule has 0 spiro atoms. The van der Waals surface area contributed by atoms with E-state index in [0.717, 1.165) is 32.7 Å². The number of hydrogen-bond acceptors (Lipinski definition) is 3. The molecule has 3 aromatic heterocycles. The Bertz CT molecular complexity index is 873. The van der Waals surface area contributed by atoms with Crippen LogP contribution in [-0.2, 0) is 5.33 Å². The maximum atomic E-state index is 4.69. The molecule has 3 heterocycles. The Morgan fingerprint density at radius 1 is 1.26 bits per heavy atom. The first kappa shape index (κ1) is 11.2. The molecule has 0 aliphatic carbocycles. The summed E-state index contributed by atoms with van der Waals surface area (Å²) in [4.78, 5) is 5.68. The smallest absolute Gasteiger partial charge is 0.195 e. The van der Waals surface area contributed by atoms with Gasteiger partial charge < -0.3 is 0 Å². The molecule has 0 unspecified atom stereocenters. The lowest BCUT2D eigenvalue weighted by Crippen LogP contribution is -2.00. The van der Waals surface area contributed by atoms with Gasteiger partial charge in [-0.25, -0.2) is 4.68 Å². The average Bonchev–Trinajstić information content (AvgIpc) is 3.11. The fourth-order valence-electron chi connectivity index (χ4n) is 2.26. The van der Waals surface area contributed by atoms with Crippen molar-refractivity contribution in [1.82, 2.24) is 19.2 Å². The van der Waals surface area contributed by atoms with Gasteiger partial charge in [0, 0.05) is 22.3 Å². The summed E-state index contributed by atoms with van der Waals surface area (Å²) in [5.41, 5.74) is 2.19. The van der Waals surface area contributed by atoms with Crippen LogP contribution in [0.15, 0.2) is 42.0 Å². The highest BCUT2D eigenvalue weighted by Crippen LogP contribution is 2.25. The van der Waals surface area contributed by atoms with E-state index < -0.39 is 0 Å². The van der Waals surface area contributed by atoms with Gasteiger partial charge in [0.15, 0.2) is 10.8 Å². The van der Waals surface area contributed by atoms with Crippen LogP contribution < -0.4 is 0 Å². The van der Waals surface area contributed by atoms with Crippen LogP contribution in [0.4, 0.5) is 0 Å². The highest BCUT2D eigenvalue weighted by Gasteiger charge is 2.16. The summed E-state index contributed by atoms with van der Waals surface area (Å²) in [5.74, 6) is 0.893. The van der Waals surface area contributed by atoms with Crippen molar-refractivity contribution in [1.29, 1.82) is 0 Å². The van der Waals surface area contributed by atoms with E-state index in [0.29, 0.717) is 0 Å². The maximum absolute atomic E-state index is 4.69. The lowest BCUT2D eigenvalue weighted by atomic mass is 10.2. The van der Waals surface area contributed by atoms with Gasteiger partial charge in [0.05, 0.1) is 17.4 Å². The van der Waals surface area contributed by atoms with E-state index >= 15 is 0 Å². The Morgan fingerprint density at radius 3 is 3.05 bits per heavy atom. The molecule has 0 fully saturated rings. The fraction of sp³-hybridized carbons (Fsp3) is 0.0769. The minimum absolute atomic E-state index is 0.744. The van der Waals surface area contributed by atoms with Gasteiger partial charge in [-0.15, -0.1) is 11.3 Å². The number of aromatic nitrogens is 4. The van der Waals surface area contributed by atoms with Crippen molar-refractivity contribution in [3.63, 3.8) is 0 Å². The summed E-state index contributed by atoms with van der Waals surface area (Å²) in [6.45, 7) is 0. The quantitative estimate of drug-likeness (QED) is 0.525. The third kappa shape index (κ3) is 1.56. The number of alkyl halides is 1. The van der Waals surface area contributed by atoms with Crippen LogP contribution in [0.25, 0.3) is 21.7 Å². The monoisotopic (exact) mass is 332 g/mol. The molecule has 4 nitrogen and oxygen atoms in total. The van der Waals surface area contributed by atoms with Crippen LogP contribution in [-0.4, -0.2) is 19.2 Å². The lowest BCUT2D eigenvalue weighted by Gasteiger charge is -2.02. The van der Waals surface area contributed by atoms with E-state index in [1.54, 1.807) is 11.3 Å². The molecule has 0 radical (unpaired) electrons. The minimum Gasteiger partial charge on any atom is -0.292 e. The van der Waals surface area contributed by atoms with Gasteiger partial charge in [0.25, 0.3) is 0 Å². The number of rotatable bonds is 2. The molecule has 0 saturated carbocycles. The van der Waals surface area contributed by atoms with Crippen LogP contribution in [0.1, 0.15) is 5.69 Å². The number of nitrogens with zero attached hydrogens (tertiary/aromatic N) is 4. The van der Waals surface area contributed by atoms with E-state index in [-0.39, 0.29) is 0 Å². The number of thiazole rings is 1. The largest absolute Gasteiger partial charge is 0.292 e. The normalized spacial score (nSPS) is 11.6. The minimum atomic E-state index is 0.744. The van der Waals surface area contributed by atoms with Crippen molar-refractivity contribution < 1.29 is 0 Å². The van der Waals surface area contributed by atoms with E-state index in [1.165, 1.54) is 0 Å². The number of halogens is 1. The predicted octanol–water partition coefficient (Wildman–Crippen LogP) is 3.63. The second-order valence-electron chi connectivity index (χ2n) is 4.19. The van der Waals surface area contributed by atoms with Gasteiger partial charge in [-0.05, 0) is 6.07 Å². The van der Waals surface area contributed by atoms with E-state index in [2.05, 4.69) is 42.5 Å². The Kier molecular flexibility index (Phi) is 2.46. The molecule has 4 rings (SSSR count). The van der Waals surface area contributed by atoms with Gasteiger partial charge in [0.1, 0.15) is 0 Å². The molecule has 0 aliphatic rings. The Balaban J connectivity index is 2.06. The van der Waals surface area contributed by atoms with Gasteiger partial charge in [-0.1, -0.05) is 34.1 Å². The van der Waals surface area contributed by atoms with E-state index in [1.807, 2.05) is 34.6 Å². The van der Waals surface area contributed by atoms with Gasteiger partial charge in [0.2, 0.25) is 0 Å². The number of benzene rings is 1. The molecule has 0 aliphatic heterocycles. The number of imidazole rings is 1. The molecule has 4 aromatic rings. The molecule has 0 amide bonds. The van der Waals surface area contributed by atoms with Crippen molar-refractivity contribution in [3.8, 4) is 5.82 Å². The predicted molar refractivity (Wildman–Crippen MR) is 80.3 cm³/mol. The molecule has 0 bridgehead atoms. The van der Waals surface area contributed by atoms with Crippen molar-refractivity contribution in [2.45, 2.75) is 5.33 Å². The second kappa shape index (κ2) is 4.18. The standard InChI is InChI=1S/C13H9BrN4S/c14-7-11-12(16-13-17(11)5-6-19-13)18-10-4-2-1-3-9(10)8-15-18/h1-6,8H,7H2. The second-order valence-corrected chi connectivity index (χ2v) is 5.62. The summed E-state index contributed by atoms with van der Waals surface area (Å²) in [6.07, 6.45) is 3.92.